The van der Waals surface area contributed by atoms with Gasteiger partial charge in [-0.1, -0.05) is 12.1 Å². The van der Waals surface area contributed by atoms with Crippen molar-refractivity contribution in [1.82, 2.24) is 10.4 Å². The Labute approximate surface area is 113 Å². The van der Waals surface area contributed by atoms with E-state index in [1.54, 1.807) is 0 Å². The highest BCUT2D eigenvalue weighted by atomic mass is 19.4. The Morgan fingerprint density at radius 2 is 2.00 bits per heavy atom. The first-order valence-corrected chi connectivity index (χ1v) is 5.50. The summed E-state index contributed by atoms with van der Waals surface area (Å²) in [5.41, 5.74) is -1.63. The van der Waals surface area contributed by atoms with Gasteiger partial charge < -0.3 is 10.2 Å². The van der Waals surface area contributed by atoms with E-state index in [9.17, 15) is 22.8 Å². The third kappa shape index (κ3) is 3.78. The van der Waals surface area contributed by atoms with E-state index < -0.39 is 29.4 Å². The first kappa shape index (κ1) is 16.1. The molecule has 0 aromatic heterocycles. The van der Waals surface area contributed by atoms with Crippen molar-refractivity contribution in [2.24, 2.45) is 0 Å². The van der Waals surface area contributed by atoms with Crippen molar-refractivity contribution in [3.05, 3.63) is 35.4 Å². The van der Waals surface area contributed by atoms with E-state index in [4.69, 9.17) is 4.84 Å². The molecule has 20 heavy (non-hydrogen) atoms. The molecule has 8 heteroatoms. The van der Waals surface area contributed by atoms with Crippen LogP contribution in [0.4, 0.5) is 13.2 Å². The third-order valence-electron chi connectivity index (χ3n) is 2.56. The van der Waals surface area contributed by atoms with E-state index in [0.717, 1.165) is 17.2 Å². The van der Waals surface area contributed by atoms with Crippen LogP contribution in [0, 0.1) is 0 Å². The fourth-order valence-electron chi connectivity index (χ4n) is 1.46. The fraction of sp³-hybridized carbons (Fsp3) is 0.333. The van der Waals surface area contributed by atoms with Gasteiger partial charge in [0.05, 0.1) is 18.2 Å². The quantitative estimate of drug-likeness (QED) is 0.506. The molecule has 0 spiro atoms. The molecule has 0 fully saturated rings. The van der Waals surface area contributed by atoms with Gasteiger partial charge in [-0.25, -0.2) is 0 Å². The molecule has 0 heterocycles. The summed E-state index contributed by atoms with van der Waals surface area (Å²) in [6.07, 6.45) is -5.50. The zero-order valence-electron chi connectivity index (χ0n) is 10.8. The molecule has 0 aliphatic rings. The van der Waals surface area contributed by atoms with Gasteiger partial charge in [-0.2, -0.15) is 18.2 Å². The molecule has 0 aliphatic heterocycles. The molecule has 0 saturated carbocycles. The second-order valence-electron chi connectivity index (χ2n) is 3.83. The summed E-state index contributed by atoms with van der Waals surface area (Å²) in [6, 6.07) is 4.32. The van der Waals surface area contributed by atoms with Crippen molar-refractivity contribution < 1.29 is 27.6 Å². The summed E-state index contributed by atoms with van der Waals surface area (Å²) in [6.45, 7) is 0. The van der Waals surface area contributed by atoms with E-state index in [0.29, 0.717) is 6.29 Å². The molecule has 1 atom stereocenters. The van der Waals surface area contributed by atoms with Crippen molar-refractivity contribution >= 4 is 12.2 Å². The van der Waals surface area contributed by atoms with Crippen LogP contribution >= 0.6 is 0 Å². The number of rotatable bonds is 5. The predicted molar refractivity (Wildman–Crippen MR) is 63.5 cm³/mol. The van der Waals surface area contributed by atoms with Crippen molar-refractivity contribution in [2.75, 3.05) is 14.2 Å². The number of halogens is 3. The number of nitrogens with one attached hydrogen (secondary N) is 1. The second-order valence-corrected chi connectivity index (χ2v) is 3.83. The fourth-order valence-corrected chi connectivity index (χ4v) is 1.46. The number of likely N-dealkylation sites (N-methyl/N-ethyl adjacent to an activating group) is 1. The SMILES string of the molecule is CON(C)C(C=O)NC(=O)c1ccccc1C(F)(F)F. The largest absolute Gasteiger partial charge is 0.417 e. The van der Waals surface area contributed by atoms with Crippen LogP contribution in [0.25, 0.3) is 0 Å². The minimum Gasteiger partial charge on any atom is -0.328 e. The molecular weight excluding hydrogens is 277 g/mol. The number of carbonyl (C=O) groups is 2. The van der Waals surface area contributed by atoms with Gasteiger partial charge in [0.25, 0.3) is 5.91 Å². The van der Waals surface area contributed by atoms with Crippen LogP contribution in [0.3, 0.4) is 0 Å². The van der Waals surface area contributed by atoms with Gasteiger partial charge in [-0.05, 0) is 12.1 Å². The third-order valence-corrected chi connectivity index (χ3v) is 2.56. The van der Waals surface area contributed by atoms with Crippen LogP contribution in [0.15, 0.2) is 24.3 Å². The number of alkyl halides is 3. The van der Waals surface area contributed by atoms with Gasteiger partial charge in [0.15, 0.2) is 12.5 Å². The number of carbonyl (C=O) groups excluding carboxylic acids is 2. The maximum absolute atomic E-state index is 12.8. The van der Waals surface area contributed by atoms with E-state index in [2.05, 4.69) is 5.32 Å². The highest BCUT2D eigenvalue weighted by Gasteiger charge is 2.35. The molecule has 0 bridgehead atoms. The topological polar surface area (TPSA) is 58.6 Å². The Hall–Kier alpha value is -1.93. The molecule has 1 amide bonds. The summed E-state index contributed by atoms with van der Waals surface area (Å²) < 4.78 is 38.3. The number of amides is 1. The number of nitrogens with zero attached hydrogens (tertiary/aromatic N) is 1. The minimum atomic E-state index is -4.65. The first-order valence-electron chi connectivity index (χ1n) is 5.50. The maximum Gasteiger partial charge on any atom is 0.417 e. The van der Waals surface area contributed by atoms with Gasteiger partial charge in [0.1, 0.15) is 0 Å². The molecule has 1 unspecified atom stereocenters. The van der Waals surface area contributed by atoms with Crippen LogP contribution in [0.2, 0.25) is 0 Å². The monoisotopic (exact) mass is 290 g/mol. The Balaban J connectivity index is 3.01. The molecular formula is C12H13F3N2O3. The Morgan fingerprint density at radius 1 is 1.40 bits per heavy atom. The van der Waals surface area contributed by atoms with Crippen molar-refractivity contribution in [3.8, 4) is 0 Å². The zero-order valence-corrected chi connectivity index (χ0v) is 10.8. The normalized spacial score (nSPS) is 13.1. The lowest BCUT2D eigenvalue weighted by Gasteiger charge is -2.22. The lowest BCUT2D eigenvalue weighted by Crippen LogP contribution is -2.47. The van der Waals surface area contributed by atoms with Gasteiger partial charge in [-0.15, -0.1) is 0 Å². The van der Waals surface area contributed by atoms with Crippen molar-refractivity contribution in [2.45, 2.75) is 12.3 Å². The van der Waals surface area contributed by atoms with E-state index >= 15 is 0 Å². The molecule has 1 N–H and O–H groups in total. The van der Waals surface area contributed by atoms with Crippen LogP contribution in [0.1, 0.15) is 15.9 Å². The first-order chi connectivity index (χ1) is 9.31. The zero-order chi connectivity index (χ0) is 15.3. The number of hydrogen-bond donors (Lipinski definition) is 1. The lowest BCUT2D eigenvalue weighted by molar-refractivity contribution is -0.154. The standard InChI is InChI=1S/C12H13F3N2O3/c1-17(20-2)10(7-18)16-11(19)8-5-3-4-6-9(8)12(13,14)15/h3-7,10H,1-2H3,(H,16,19). The number of hydrogen-bond acceptors (Lipinski definition) is 4. The number of aldehydes is 1. The molecule has 5 nitrogen and oxygen atoms in total. The van der Waals surface area contributed by atoms with E-state index in [-0.39, 0.29) is 0 Å². The minimum absolute atomic E-state index is 0.345. The summed E-state index contributed by atoms with van der Waals surface area (Å²) in [4.78, 5) is 27.3. The predicted octanol–water partition coefficient (Wildman–Crippen LogP) is 1.45. The van der Waals surface area contributed by atoms with Gasteiger partial charge in [0, 0.05) is 7.05 Å². The average Bonchev–Trinajstić information content (AvgIpc) is 2.42. The summed E-state index contributed by atoms with van der Waals surface area (Å²) in [5, 5.41) is 3.14. The Morgan fingerprint density at radius 3 is 2.50 bits per heavy atom. The summed E-state index contributed by atoms with van der Waals surface area (Å²) in [7, 11) is 2.61. The maximum atomic E-state index is 12.8. The summed E-state index contributed by atoms with van der Waals surface area (Å²) in [5.74, 6) is -1.01. The highest BCUT2D eigenvalue weighted by Crippen LogP contribution is 2.31. The van der Waals surface area contributed by atoms with Gasteiger partial charge >= 0.3 is 6.18 Å². The second kappa shape index (κ2) is 6.49. The molecule has 0 radical (unpaired) electrons. The molecule has 110 valence electrons. The highest BCUT2D eigenvalue weighted by molar-refractivity contribution is 5.97. The van der Waals surface area contributed by atoms with Crippen molar-refractivity contribution in [1.29, 1.82) is 0 Å². The van der Waals surface area contributed by atoms with E-state index in [1.165, 1.54) is 26.3 Å². The van der Waals surface area contributed by atoms with Crippen LogP contribution in [0.5, 0.6) is 0 Å². The Kier molecular flexibility index (Phi) is 5.23. The smallest absolute Gasteiger partial charge is 0.328 e. The van der Waals surface area contributed by atoms with E-state index in [1.807, 2.05) is 0 Å². The van der Waals surface area contributed by atoms with Gasteiger partial charge in [-0.3, -0.25) is 9.59 Å². The number of hydroxylamine groups is 2. The molecule has 0 saturated heterocycles. The van der Waals surface area contributed by atoms with Crippen LogP contribution in [-0.4, -0.2) is 37.6 Å². The summed E-state index contributed by atoms with van der Waals surface area (Å²) >= 11 is 0. The van der Waals surface area contributed by atoms with Crippen LogP contribution in [-0.2, 0) is 15.8 Å². The lowest BCUT2D eigenvalue weighted by atomic mass is 10.1. The van der Waals surface area contributed by atoms with Crippen molar-refractivity contribution in [3.63, 3.8) is 0 Å². The van der Waals surface area contributed by atoms with Crippen LogP contribution < -0.4 is 5.32 Å². The Bertz CT molecular complexity index is 491. The molecule has 1 aromatic carbocycles. The number of benzene rings is 1. The van der Waals surface area contributed by atoms with Gasteiger partial charge in [0.2, 0.25) is 0 Å². The molecule has 1 rings (SSSR count). The average molecular weight is 290 g/mol. The molecule has 1 aromatic rings. The molecule has 0 aliphatic carbocycles.